The van der Waals surface area contributed by atoms with Gasteiger partial charge in [-0.15, -0.1) is 0 Å². The molecule has 1 aromatic heterocycles. The third kappa shape index (κ3) is 1.28. The number of aromatic nitrogens is 2. The number of hydrogen-bond acceptors (Lipinski definition) is 3. The number of benzene rings is 2. The van der Waals surface area contributed by atoms with Gasteiger partial charge in [0.05, 0.1) is 5.27 Å². The molecule has 0 radical (unpaired) electrons. The van der Waals surface area contributed by atoms with Gasteiger partial charge in [0.25, 0.3) is 0 Å². The van der Waals surface area contributed by atoms with Crippen LogP contribution in [0, 0.1) is 0 Å². The Balaban J connectivity index is 1.91. The largest absolute Gasteiger partial charge is 0.539 e. The summed E-state index contributed by atoms with van der Waals surface area (Å²) in [5.41, 5.74) is 4.74. The van der Waals surface area contributed by atoms with Gasteiger partial charge in [-0.25, -0.2) is 0 Å². The number of fused-ring (bicyclic) bond motifs is 1. The van der Waals surface area contributed by atoms with Crippen molar-refractivity contribution in [1.82, 2.24) is 5.27 Å². The van der Waals surface area contributed by atoms with Gasteiger partial charge >= 0.3 is 0 Å². The third-order valence-corrected chi connectivity index (χ3v) is 5.20. The fourth-order valence-electron chi connectivity index (χ4n) is 4.37. The van der Waals surface area contributed by atoms with E-state index >= 15 is 0 Å². The average Bonchev–Trinajstić information content (AvgIpc) is 3.02. The molecule has 0 fully saturated rings. The van der Waals surface area contributed by atoms with Crippen molar-refractivity contribution in [3.05, 3.63) is 77.0 Å². The van der Waals surface area contributed by atoms with Crippen LogP contribution in [0.5, 0.6) is 5.95 Å². The average molecular weight is 290 g/mol. The third-order valence-electron chi connectivity index (χ3n) is 5.20. The zero-order chi connectivity index (χ0) is 14.7. The summed E-state index contributed by atoms with van der Waals surface area (Å²) < 4.78 is 6.57. The van der Waals surface area contributed by atoms with Gasteiger partial charge in [0.1, 0.15) is 5.95 Å². The maximum Gasteiger partial charge on any atom is 0.245 e. The molecule has 0 aliphatic heterocycles. The van der Waals surface area contributed by atoms with Crippen LogP contribution in [0.1, 0.15) is 41.0 Å². The highest BCUT2D eigenvalue weighted by Gasteiger charge is 2.56. The lowest BCUT2D eigenvalue weighted by Gasteiger charge is -2.43. The zero-order valence-electron chi connectivity index (χ0n) is 11.9. The molecule has 0 N–H and O–H groups in total. The Hall–Kier alpha value is -2.62. The van der Waals surface area contributed by atoms with Crippen molar-refractivity contribution >= 4 is 0 Å². The Kier molecular flexibility index (Phi) is 2.16. The van der Waals surface area contributed by atoms with Crippen molar-refractivity contribution in [2.24, 2.45) is 0 Å². The second-order valence-electron chi connectivity index (χ2n) is 6.09. The molecule has 0 saturated heterocycles. The summed E-state index contributed by atoms with van der Waals surface area (Å²) in [7, 11) is 0. The van der Waals surface area contributed by atoms with Gasteiger partial charge in [-0.05, 0) is 17.5 Å². The first kappa shape index (κ1) is 12.0. The fraction of sp³-hybridized carbons (Fsp3) is 0.222. The fourth-order valence-corrected chi connectivity index (χ4v) is 4.37. The summed E-state index contributed by atoms with van der Waals surface area (Å²) >= 11 is 0. The van der Waals surface area contributed by atoms with Gasteiger partial charge in [0.15, 0.2) is 0 Å². The monoisotopic (exact) mass is 290 g/mol. The van der Waals surface area contributed by atoms with Crippen molar-refractivity contribution in [3.63, 3.8) is 0 Å². The first-order valence-corrected chi connectivity index (χ1v) is 7.56. The van der Waals surface area contributed by atoms with Crippen LogP contribution >= 0.6 is 0 Å². The van der Waals surface area contributed by atoms with Crippen LogP contribution in [0.15, 0.2) is 59.3 Å². The van der Waals surface area contributed by atoms with Gasteiger partial charge in [0.2, 0.25) is 11.7 Å². The molecular weight excluding hydrogens is 276 g/mol. The Morgan fingerprint density at radius 2 is 1.68 bits per heavy atom. The van der Waals surface area contributed by atoms with Crippen LogP contribution in [0.25, 0.3) is 0 Å². The van der Waals surface area contributed by atoms with Gasteiger partial charge in [0, 0.05) is 23.5 Å². The van der Waals surface area contributed by atoms with Gasteiger partial charge in [-0.2, -0.15) is 0 Å². The molecule has 0 atom stereocenters. The van der Waals surface area contributed by atoms with E-state index in [1.807, 2.05) is 0 Å². The smallest absolute Gasteiger partial charge is 0.245 e. The van der Waals surface area contributed by atoms with E-state index in [9.17, 15) is 5.11 Å². The Morgan fingerprint density at radius 1 is 1.05 bits per heavy atom. The van der Waals surface area contributed by atoms with E-state index in [1.54, 1.807) is 4.68 Å². The van der Waals surface area contributed by atoms with E-state index in [1.165, 1.54) is 28.5 Å². The van der Waals surface area contributed by atoms with Crippen LogP contribution in [0.4, 0.5) is 0 Å². The van der Waals surface area contributed by atoms with Gasteiger partial charge < -0.3 is 9.63 Å². The Bertz CT molecular complexity index is 837. The maximum atomic E-state index is 11.6. The topological polar surface area (TPSA) is 53.0 Å². The molecule has 2 aromatic carbocycles. The molecule has 108 valence electrons. The molecule has 2 bridgehead atoms. The molecule has 0 amide bonds. The molecule has 1 heterocycles. The molecule has 0 spiro atoms. The summed E-state index contributed by atoms with van der Waals surface area (Å²) in [4.78, 5) is 0. The molecule has 0 unspecified atom stereocenters. The minimum absolute atomic E-state index is 0.406. The van der Waals surface area contributed by atoms with Gasteiger partial charge in [-0.1, -0.05) is 53.2 Å². The van der Waals surface area contributed by atoms with Crippen LogP contribution in [-0.4, -0.2) is 5.27 Å². The van der Waals surface area contributed by atoms with Crippen molar-refractivity contribution < 1.29 is 14.3 Å². The number of nitrogens with zero attached hydrogens (tertiary/aromatic N) is 2. The molecular formula is C18H14N2O2. The van der Waals surface area contributed by atoms with Crippen molar-refractivity contribution in [3.8, 4) is 5.95 Å². The molecule has 22 heavy (non-hydrogen) atoms. The van der Waals surface area contributed by atoms with Crippen molar-refractivity contribution in [1.29, 1.82) is 0 Å². The van der Waals surface area contributed by atoms with Crippen molar-refractivity contribution in [2.45, 2.75) is 24.3 Å². The van der Waals surface area contributed by atoms with Crippen LogP contribution < -0.4 is 9.79 Å². The molecule has 3 aliphatic carbocycles. The minimum atomic E-state index is -0.423. The minimum Gasteiger partial charge on any atom is -0.539 e. The summed E-state index contributed by atoms with van der Waals surface area (Å²) in [5.74, 6) is 0.0329. The second kappa shape index (κ2) is 3.97. The van der Waals surface area contributed by atoms with E-state index in [0.717, 1.165) is 12.8 Å². The van der Waals surface area contributed by atoms with Crippen LogP contribution in [0.3, 0.4) is 0 Å². The summed E-state index contributed by atoms with van der Waals surface area (Å²) in [6.07, 6.45) is 3.46. The highest BCUT2D eigenvalue weighted by Crippen LogP contribution is 2.54. The lowest BCUT2D eigenvalue weighted by atomic mass is 9.59. The van der Waals surface area contributed by atoms with Crippen molar-refractivity contribution in [2.75, 3.05) is 0 Å². The van der Waals surface area contributed by atoms with E-state index in [-0.39, 0.29) is 0 Å². The lowest BCUT2D eigenvalue weighted by molar-refractivity contribution is -0.806. The summed E-state index contributed by atoms with van der Waals surface area (Å²) in [6.45, 7) is 0. The predicted molar refractivity (Wildman–Crippen MR) is 76.3 cm³/mol. The van der Waals surface area contributed by atoms with E-state index in [2.05, 4.69) is 53.8 Å². The Labute approximate surface area is 127 Å². The standard InChI is InChI=1S/C18H14N2O2/c21-17-11-20(19-22-17)18-10-9-12(13-5-1-3-7-15(13)18)14-6-2-4-8-16(14)18/h1-8,11-12H,9-10H2. The Morgan fingerprint density at radius 3 is 2.27 bits per heavy atom. The molecule has 3 aliphatic rings. The van der Waals surface area contributed by atoms with E-state index in [4.69, 9.17) is 4.52 Å². The van der Waals surface area contributed by atoms with Crippen LogP contribution in [-0.2, 0) is 5.54 Å². The normalized spacial score (nSPS) is 24.8. The SMILES string of the molecule is [O-]c1c[n+](C23CCC(c4ccccc42)c2ccccc23)no1. The second-order valence-corrected chi connectivity index (χ2v) is 6.09. The molecule has 4 heteroatoms. The van der Waals surface area contributed by atoms with E-state index in [0.29, 0.717) is 5.92 Å². The summed E-state index contributed by atoms with van der Waals surface area (Å²) in [5, 5.41) is 15.6. The highest BCUT2D eigenvalue weighted by molar-refractivity contribution is 5.56. The molecule has 0 saturated carbocycles. The number of hydrogen-bond donors (Lipinski definition) is 0. The quantitative estimate of drug-likeness (QED) is 0.645. The lowest BCUT2D eigenvalue weighted by Crippen LogP contribution is -2.62. The summed E-state index contributed by atoms with van der Waals surface area (Å²) in [6, 6.07) is 17.0. The molecule has 3 aromatic rings. The first-order valence-electron chi connectivity index (χ1n) is 7.56. The molecule has 6 rings (SSSR count). The van der Waals surface area contributed by atoms with Gasteiger partial charge in [-0.3, -0.25) is 0 Å². The van der Waals surface area contributed by atoms with Crippen LogP contribution in [0.2, 0.25) is 0 Å². The first-order chi connectivity index (χ1) is 10.8. The highest BCUT2D eigenvalue weighted by atomic mass is 16.6. The maximum absolute atomic E-state index is 11.6. The zero-order valence-corrected chi connectivity index (χ0v) is 11.9. The molecule has 4 nitrogen and oxygen atoms in total. The number of rotatable bonds is 1. The van der Waals surface area contributed by atoms with E-state index < -0.39 is 11.5 Å². The predicted octanol–water partition coefficient (Wildman–Crippen LogP) is 2.07.